The van der Waals surface area contributed by atoms with Crippen molar-refractivity contribution < 1.29 is 9.32 Å². The summed E-state index contributed by atoms with van der Waals surface area (Å²) in [6.45, 7) is 2.56. The number of carbonyl (C=O) groups excluding carboxylic acids is 1. The van der Waals surface area contributed by atoms with Crippen molar-refractivity contribution in [2.75, 3.05) is 6.54 Å². The van der Waals surface area contributed by atoms with Gasteiger partial charge >= 0.3 is 0 Å². The first-order valence-electron chi connectivity index (χ1n) is 8.92. The first kappa shape index (κ1) is 17.2. The zero-order valence-corrected chi connectivity index (χ0v) is 15.3. The van der Waals surface area contributed by atoms with Gasteiger partial charge < -0.3 is 9.42 Å². The van der Waals surface area contributed by atoms with Crippen molar-refractivity contribution >= 4 is 5.91 Å². The molecular formula is C20H20N4O3. The number of hydrogen-bond acceptors (Lipinski definition) is 5. The second-order valence-corrected chi connectivity index (χ2v) is 6.78. The molecule has 0 aliphatic carbocycles. The summed E-state index contributed by atoms with van der Waals surface area (Å²) in [7, 11) is 1.61. The number of benzene rings is 1. The Hall–Kier alpha value is -3.22. The third-order valence-electron chi connectivity index (χ3n) is 4.89. The molecule has 138 valence electrons. The predicted octanol–water partition coefficient (Wildman–Crippen LogP) is 2.72. The molecule has 1 aliphatic heterocycles. The standard InChI is InChI=1S/C20H20N4O3/c1-13-12-17(22-27-13)18-4-3-11-24(18)20(26)15-7-5-14(6-8-15)16-9-10-19(25)23(2)21-16/h5-10,12,18H,3-4,11H2,1-2H3. The van der Waals surface area contributed by atoms with Gasteiger partial charge in [0.05, 0.1) is 11.7 Å². The van der Waals surface area contributed by atoms with Crippen LogP contribution in [0.15, 0.2) is 51.8 Å². The third-order valence-corrected chi connectivity index (χ3v) is 4.89. The van der Waals surface area contributed by atoms with Gasteiger partial charge in [0.15, 0.2) is 0 Å². The number of aromatic nitrogens is 3. The number of nitrogens with zero attached hydrogens (tertiary/aromatic N) is 4. The topological polar surface area (TPSA) is 81.2 Å². The molecule has 3 aromatic rings. The van der Waals surface area contributed by atoms with Crippen molar-refractivity contribution in [2.24, 2.45) is 7.05 Å². The van der Waals surface area contributed by atoms with E-state index in [4.69, 9.17) is 4.52 Å². The van der Waals surface area contributed by atoms with Crippen LogP contribution >= 0.6 is 0 Å². The number of hydrogen-bond donors (Lipinski definition) is 0. The van der Waals surface area contributed by atoms with Gasteiger partial charge in [-0.15, -0.1) is 0 Å². The molecular weight excluding hydrogens is 344 g/mol. The summed E-state index contributed by atoms with van der Waals surface area (Å²) in [5.74, 6) is 0.733. The second-order valence-electron chi connectivity index (χ2n) is 6.78. The molecule has 0 spiro atoms. The van der Waals surface area contributed by atoms with Gasteiger partial charge in [0.25, 0.3) is 11.5 Å². The first-order chi connectivity index (χ1) is 13.0. The van der Waals surface area contributed by atoms with E-state index in [1.165, 1.54) is 10.7 Å². The number of likely N-dealkylation sites (tertiary alicyclic amines) is 1. The quantitative estimate of drug-likeness (QED) is 0.714. The average molecular weight is 364 g/mol. The zero-order valence-electron chi connectivity index (χ0n) is 15.3. The van der Waals surface area contributed by atoms with E-state index >= 15 is 0 Å². The van der Waals surface area contributed by atoms with Gasteiger partial charge in [-0.3, -0.25) is 9.59 Å². The summed E-state index contributed by atoms with van der Waals surface area (Å²) in [5, 5.41) is 8.33. The van der Waals surface area contributed by atoms with Crippen LogP contribution in [-0.4, -0.2) is 32.3 Å². The lowest BCUT2D eigenvalue weighted by Crippen LogP contribution is -2.30. The van der Waals surface area contributed by atoms with Crippen LogP contribution in [0.2, 0.25) is 0 Å². The van der Waals surface area contributed by atoms with E-state index in [2.05, 4.69) is 10.3 Å². The van der Waals surface area contributed by atoms with Crippen LogP contribution in [0.25, 0.3) is 11.3 Å². The summed E-state index contributed by atoms with van der Waals surface area (Å²) in [6.07, 6.45) is 1.83. The van der Waals surface area contributed by atoms with Gasteiger partial charge in [-0.1, -0.05) is 17.3 Å². The molecule has 1 fully saturated rings. The first-order valence-corrected chi connectivity index (χ1v) is 8.92. The van der Waals surface area contributed by atoms with Crippen molar-refractivity contribution in [3.8, 4) is 11.3 Å². The Kier molecular flexibility index (Phi) is 4.35. The Balaban J connectivity index is 1.57. The van der Waals surface area contributed by atoms with E-state index in [9.17, 15) is 9.59 Å². The molecule has 1 atom stereocenters. The summed E-state index contributed by atoms with van der Waals surface area (Å²) in [5.41, 5.74) is 2.81. The molecule has 7 heteroatoms. The lowest BCUT2D eigenvalue weighted by atomic mass is 10.1. The Labute approximate surface area is 156 Å². The fraction of sp³-hybridized carbons (Fsp3) is 0.300. The fourth-order valence-corrected chi connectivity index (χ4v) is 3.47. The third kappa shape index (κ3) is 3.28. The highest BCUT2D eigenvalue weighted by molar-refractivity contribution is 5.95. The summed E-state index contributed by atoms with van der Waals surface area (Å²) in [6, 6.07) is 12.3. The molecule has 0 bridgehead atoms. The van der Waals surface area contributed by atoms with Crippen molar-refractivity contribution in [3.05, 3.63) is 69.8 Å². The normalized spacial score (nSPS) is 16.7. The number of aryl methyl sites for hydroxylation is 2. The largest absolute Gasteiger partial charge is 0.361 e. The minimum atomic E-state index is -0.159. The van der Waals surface area contributed by atoms with E-state index in [1.54, 1.807) is 25.2 Å². The van der Waals surface area contributed by atoms with Crippen LogP contribution in [0.5, 0.6) is 0 Å². The maximum absolute atomic E-state index is 13.0. The van der Waals surface area contributed by atoms with E-state index in [-0.39, 0.29) is 17.5 Å². The SMILES string of the molecule is Cc1cc(C2CCCN2C(=O)c2ccc(-c3ccc(=O)n(C)n3)cc2)no1. The Morgan fingerprint density at radius 1 is 1.19 bits per heavy atom. The van der Waals surface area contributed by atoms with Crippen molar-refractivity contribution in [1.29, 1.82) is 0 Å². The highest BCUT2D eigenvalue weighted by Gasteiger charge is 2.32. The minimum absolute atomic E-state index is 0.0156. The molecule has 4 rings (SSSR count). The molecule has 7 nitrogen and oxygen atoms in total. The van der Waals surface area contributed by atoms with Crippen LogP contribution in [0, 0.1) is 6.92 Å². The van der Waals surface area contributed by atoms with Gasteiger partial charge in [0.2, 0.25) is 0 Å². The summed E-state index contributed by atoms with van der Waals surface area (Å²) < 4.78 is 6.47. The Bertz CT molecular complexity index is 1040. The molecule has 0 saturated carbocycles. The molecule has 0 radical (unpaired) electrons. The van der Waals surface area contributed by atoms with Gasteiger partial charge in [-0.25, -0.2) is 4.68 Å². The zero-order chi connectivity index (χ0) is 19.0. The van der Waals surface area contributed by atoms with Crippen LogP contribution in [0.1, 0.15) is 40.7 Å². The van der Waals surface area contributed by atoms with E-state index in [1.807, 2.05) is 30.0 Å². The second kappa shape index (κ2) is 6.83. The molecule has 1 unspecified atom stereocenters. The van der Waals surface area contributed by atoms with Crippen LogP contribution in [0.4, 0.5) is 0 Å². The smallest absolute Gasteiger partial charge is 0.266 e. The van der Waals surface area contributed by atoms with Crippen molar-refractivity contribution in [1.82, 2.24) is 19.8 Å². The van der Waals surface area contributed by atoms with Crippen molar-refractivity contribution in [2.45, 2.75) is 25.8 Å². The average Bonchev–Trinajstić information content (AvgIpc) is 3.32. The maximum Gasteiger partial charge on any atom is 0.266 e. The molecule has 3 heterocycles. The van der Waals surface area contributed by atoms with E-state index in [0.717, 1.165) is 29.9 Å². The molecule has 1 amide bonds. The molecule has 1 aliphatic rings. The molecule has 1 saturated heterocycles. The number of carbonyl (C=O) groups is 1. The molecule has 2 aromatic heterocycles. The summed E-state index contributed by atoms with van der Waals surface area (Å²) >= 11 is 0. The highest BCUT2D eigenvalue weighted by atomic mass is 16.5. The van der Waals surface area contributed by atoms with E-state index in [0.29, 0.717) is 17.8 Å². The van der Waals surface area contributed by atoms with Crippen LogP contribution in [0.3, 0.4) is 0 Å². The number of amides is 1. The lowest BCUT2D eigenvalue weighted by Gasteiger charge is -2.23. The Morgan fingerprint density at radius 2 is 1.96 bits per heavy atom. The predicted molar refractivity (Wildman–Crippen MR) is 99.2 cm³/mol. The summed E-state index contributed by atoms with van der Waals surface area (Å²) in [4.78, 5) is 26.3. The molecule has 0 N–H and O–H groups in total. The highest BCUT2D eigenvalue weighted by Crippen LogP contribution is 2.33. The maximum atomic E-state index is 13.0. The van der Waals surface area contributed by atoms with Crippen LogP contribution < -0.4 is 5.56 Å². The van der Waals surface area contributed by atoms with Gasteiger partial charge in [0.1, 0.15) is 11.5 Å². The van der Waals surface area contributed by atoms with Crippen LogP contribution in [-0.2, 0) is 7.05 Å². The Morgan fingerprint density at radius 3 is 2.63 bits per heavy atom. The fourth-order valence-electron chi connectivity index (χ4n) is 3.47. The molecule has 1 aromatic carbocycles. The monoisotopic (exact) mass is 364 g/mol. The van der Waals surface area contributed by atoms with Gasteiger partial charge in [0, 0.05) is 36.9 Å². The van der Waals surface area contributed by atoms with Gasteiger partial charge in [-0.05, 0) is 38.0 Å². The van der Waals surface area contributed by atoms with Gasteiger partial charge in [-0.2, -0.15) is 5.10 Å². The van der Waals surface area contributed by atoms with E-state index < -0.39 is 0 Å². The lowest BCUT2D eigenvalue weighted by molar-refractivity contribution is 0.0731. The number of rotatable bonds is 3. The molecule has 27 heavy (non-hydrogen) atoms. The van der Waals surface area contributed by atoms with Crippen molar-refractivity contribution in [3.63, 3.8) is 0 Å². The minimum Gasteiger partial charge on any atom is -0.361 e.